The summed E-state index contributed by atoms with van der Waals surface area (Å²) in [4.78, 5) is 0.184. The van der Waals surface area contributed by atoms with Crippen molar-refractivity contribution in [2.24, 2.45) is 11.7 Å². The number of benzene rings is 1. The Bertz CT molecular complexity index is 545. The average Bonchev–Trinajstić information content (AvgIpc) is 2.47. The summed E-state index contributed by atoms with van der Waals surface area (Å²) >= 11 is 0. The Hall–Kier alpha value is -1.11. The monoisotopic (exact) mass is 298 g/mol. The minimum atomic E-state index is -3.58. The number of nitrogens with two attached hydrogens (primary N) is 1. The van der Waals surface area contributed by atoms with Gasteiger partial charge in [-0.25, -0.2) is 13.1 Å². The van der Waals surface area contributed by atoms with Crippen LogP contribution in [0.15, 0.2) is 29.2 Å². The molecule has 0 saturated heterocycles. The van der Waals surface area contributed by atoms with Gasteiger partial charge in [-0.05, 0) is 37.4 Å². The molecule has 0 unspecified atom stereocenters. The number of methoxy groups -OCH3 is 1. The van der Waals surface area contributed by atoms with Gasteiger partial charge in [0.15, 0.2) is 0 Å². The number of hydrogen-bond acceptors (Lipinski definition) is 4. The fraction of sp³-hybridized carbons (Fsp3) is 0.571. The van der Waals surface area contributed by atoms with Gasteiger partial charge in [0, 0.05) is 6.04 Å². The Morgan fingerprint density at radius 3 is 2.70 bits per heavy atom. The summed E-state index contributed by atoms with van der Waals surface area (Å²) in [5.41, 5.74) is 5.75. The molecule has 1 aromatic carbocycles. The molecule has 1 fully saturated rings. The van der Waals surface area contributed by atoms with Crippen LogP contribution in [-0.4, -0.2) is 28.1 Å². The molecule has 1 aromatic rings. The lowest BCUT2D eigenvalue weighted by Gasteiger charge is -2.31. The molecule has 6 heteroatoms. The first-order valence-corrected chi connectivity index (χ1v) is 8.42. The summed E-state index contributed by atoms with van der Waals surface area (Å²) in [6, 6.07) is 6.57. The summed E-state index contributed by atoms with van der Waals surface area (Å²) in [5.74, 6) is 0.577. The van der Waals surface area contributed by atoms with Crippen molar-refractivity contribution in [1.82, 2.24) is 4.72 Å². The van der Waals surface area contributed by atoms with Crippen LogP contribution in [0.25, 0.3) is 0 Å². The number of ether oxygens (including phenoxy) is 1. The maximum Gasteiger partial charge on any atom is 0.244 e. The molecule has 2 atom stereocenters. The van der Waals surface area contributed by atoms with Gasteiger partial charge in [-0.2, -0.15) is 0 Å². The molecule has 0 aromatic heterocycles. The second-order valence-corrected chi connectivity index (χ2v) is 6.84. The van der Waals surface area contributed by atoms with Crippen LogP contribution < -0.4 is 15.2 Å². The minimum Gasteiger partial charge on any atom is -0.495 e. The van der Waals surface area contributed by atoms with Crippen molar-refractivity contribution in [3.05, 3.63) is 24.3 Å². The summed E-state index contributed by atoms with van der Waals surface area (Å²) < 4.78 is 32.9. The molecule has 1 aliphatic carbocycles. The molecule has 0 amide bonds. The van der Waals surface area contributed by atoms with Gasteiger partial charge in [0.05, 0.1) is 7.11 Å². The van der Waals surface area contributed by atoms with Crippen molar-refractivity contribution in [3.63, 3.8) is 0 Å². The molecule has 1 saturated carbocycles. The summed E-state index contributed by atoms with van der Waals surface area (Å²) in [5, 5.41) is 0. The molecule has 0 spiro atoms. The van der Waals surface area contributed by atoms with Gasteiger partial charge in [0.1, 0.15) is 10.6 Å². The molecule has 1 aliphatic rings. The molecule has 5 nitrogen and oxygen atoms in total. The van der Waals surface area contributed by atoms with E-state index < -0.39 is 10.0 Å². The average molecular weight is 298 g/mol. The number of nitrogens with one attached hydrogen (secondary N) is 1. The van der Waals surface area contributed by atoms with Crippen LogP contribution in [0, 0.1) is 5.92 Å². The fourth-order valence-electron chi connectivity index (χ4n) is 2.75. The predicted octanol–water partition coefficient (Wildman–Crippen LogP) is 1.49. The molecule has 112 valence electrons. The molecule has 20 heavy (non-hydrogen) atoms. The Morgan fingerprint density at radius 2 is 2.00 bits per heavy atom. The van der Waals surface area contributed by atoms with E-state index in [1.165, 1.54) is 7.11 Å². The quantitative estimate of drug-likeness (QED) is 0.863. The fourth-order valence-corrected chi connectivity index (χ4v) is 4.26. The van der Waals surface area contributed by atoms with Gasteiger partial charge < -0.3 is 10.5 Å². The van der Waals surface area contributed by atoms with E-state index in [4.69, 9.17) is 10.5 Å². The molecule has 0 heterocycles. The van der Waals surface area contributed by atoms with Crippen LogP contribution in [0.2, 0.25) is 0 Å². The first-order chi connectivity index (χ1) is 9.58. The first kappa shape index (κ1) is 15.3. The molecule has 0 aliphatic heterocycles. The van der Waals surface area contributed by atoms with Gasteiger partial charge in [-0.15, -0.1) is 0 Å². The maximum absolute atomic E-state index is 12.5. The predicted molar refractivity (Wildman–Crippen MR) is 78.1 cm³/mol. The summed E-state index contributed by atoms with van der Waals surface area (Å²) in [6.07, 6.45) is 3.98. The van der Waals surface area contributed by atoms with Gasteiger partial charge >= 0.3 is 0 Å². The Labute approximate surface area is 120 Å². The van der Waals surface area contributed by atoms with Crippen LogP contribution in [0.5, 0.6) is 5.75 Å². The highest BCUT2D eigenvalue weighted by molar-refractivity contribution is 7.89. The smallest absolute Gasteiger partial charge is 0.244 e. The van der Waals surface area contributed by atoms with Crippen molar-refractivity contribution < 1.29 is 13.2 Å². The van der Waals surface area contributed by atoms with E-state index in [9.17, 15) is 8.42 Å². The third-order valence-corrected chi connectivity index (χ3v) is 5.41. The lowest BCUT2D eigenvalue weighted by atomic mass is 9.85. The number of sulfonamides is 1. The maximum atomic E-state index is 12.5. The third-order valence-electron chi connectivity index (χ3n) is 3.88. The van der Waals surface area contributed by atoms with E-state index in [2.05, 4.69) is 4.72 Å². The normalized spacial score (nSPS) is 23.5. The van der Waals surface area contributed by atoms with E-state index in [1.54, 1.807) is 24.3 Å². The van der Waals surface area contributed by atoms with Crippen LogP contribution in [0.1, 0.15) is 25.7 Å². The van der Waals surface area contributed by atoms with Crippen LogP contribution in [0.4, 0.5) is 0 Å². The van der Waals surface area contributed by atoms with E-state index in [0.717, 1.165) is 25.7 Å². The van der Waals surface area contributed by atoms with Crippen molar-refractivity contribution in [2.75, 3.05) is 13.7 Å². The molecule has 3 N–H and O–H groups in total. The van der Waals surface area contributed by atoms with E-state index in [-0.39, 0.29) is 16.9 Å². The highest BCUT2D eigenvalue weighted by Crippen LogP contribution is 2.27. The highest BCUT2D eigenvalue weighted by Gasteiger charge is 2.29. The van der Waals surface area contributed by atoms with Crippen molar-refractivity contribution >= 4 is 10.0 Å². The lowest BCUT2D eigenvalue weighted by Crippen LogP contribution is -2.44. The Kier molecular flexibility index (Phi) is 5.01. The van der Waals surface area contributed by atoms with Gasteiger partial charge in [-0.3, -0.25) is 0 Å². The first-order valence-electron chi connectivity index (χ1n) is 6.94. The Balaban J connectivity index is 2.22. The minimum absolute atomic E-state index is 0.0799. The zero-order valence-electron chi connectivity index (χ0n) is 11.7. The summed E-state index contributed by atoms with van der Waals surface area (Å²) in [6.45, 7) is 0.513. The van der Waals surface area contributed by atoms with Crippen LogP contribution in [0.3, 0.4) is 0 Å². The molecule has 0 bridgehead atoms. The van der Waals surface area contributed by atoms with Crippen molar-refractivity contribution in [2.45, 2.75) is 36.6 Å². The second kappa shape index (κ2) is 6.56. The van der Waals surface area contributed by atoms with Crippen molar-refractivity contribution in [3.8, 4) is 5.75 Å². The van der Waals surface area contributed by atoms with Gasteiger partial charge in [-0.1, -0.05) is 25.0 Å². The number of hydrogen-bond donors (Lipinski definition) is 2. The molecule has 2 rings (SSSR count). The standard InChI is InChI=1S/C14H22N2O3S/c1-19-13-8-4-5-9-14(13)20(17,18)16-12-7-3-2-6-11(12)10-15/h4-5,8-9,11-12,16H,2-3,6-7,10,15H2,1H3/t11-,12+/m0/s1. The zero-order valence-corrected chi connectivity index (χ0v) is 12.5. The van der Waals surface area contributed by atoms with E-state index in [0.29, 0.717) is 12.3 Å². The lowest BCUT2D eigenvalue weighted by molar-refractivity contribution is 0.295. The molecular weight excluding hydrogens is 276 g/mol. The number of rotatable bonds is 5. The van der Waals surface area contributed by atoms with E-state index in [1.807, 2.05) is 0 Å². The van der Waals surface area contributed by atoms with E-state index >= 15 is 0 Å². The van der Waals surface area contributed by atoms with Crippen molar-refractivity contribution in [1.29, 1.82) is 0 Å². The van der Waals surface area contributed by atoms with Gasteiger partial charge in [0.2, 0.25) is 10.0 Å². The summed E-state index contributed by atoms with van der Waals surface area (Å²) in [7, 11) is -2.11. The largest absolute Gasteiger partial charge is 0.495 e. The van der Waals surface area contributed by atoms with Crippen LogP contribution in [-0.2, 0) is 10.0 Å². The zero-order chi connectivity index (χ0) is 14.6. The third kappa shape index (κ3) is 3.31. The SMILES string of the molecule is COc1ccccc1S(=O)(=O)N[C@@H]1CCCC[C@H]1CN. The topological polar surface area (TPSA) is 81.4 Å². The number of para-hydroxylation sites is 1. The second-order valence-electron chi connectivity index (χ2n) is 5.16. The molecule has 0 radical (unpaired) electrons. The van der Waals surface area contributed by atoms with Crippen LogP contribution >= 0.6 is 0 Å². The van der Waals surface area contributed by atoms with Gasteiger partial charge in [0.25, 0.3) is 0 Å². The Morgan fingerprint density at radius 1 is 1.30 bits per heavy atom. The highest BCUT2D eigenvalue weighted by atomic mass is 32.2. The molecular formula is C14H22N2O3S.